The van der Waals surface area contributed by atoms with E-state index >= 15 is 0 Å². The molecule has 0 radical (unpaired) electrons. The maximum atomic E-state index is 6.46. The Kier molecular flexibility index (Phi) is 4.67. The molecule has 19 heavy (non-hydrogen) atoms. The second-order valence-corrected chi connectivity index (χ2v) is 6.11. The molecule has 1 nitrogen and oxygen atoms in total. The van der Waals surface area contributed by atoms with Gasteiger partial charge in [0.2, 0.25) is 0 Å². The molecule has 0 saturated carbocycles. The zero-order valence-corrected chi connectivity index (χ0v) is 13.5. The van der Waals surface area contributed by atoms with E-state index in [0.29, 0.717) is 0 Å². The molecule has 0 saturated heterocycles. The van der Waals surface area contributed by atoms with E-state index in [1.807, 2.05) is 0 Å². The van der Waals surface area contributed by atoms with Crippen LogP contribution in [0.3, 0.4) is 0 Å². The van der Waals surface area contributed by atoms with Gasteiger partial charge < -0.3 is 5.32 Å². The van der Waals surface area contributed by atoms with Crippen LogP contribution in [0.25, 0.3) is 0 Å². The lowest BCUT2D eigenvalue weighted by molar-refractivity contribution is 0.629. The largest absolute Gasteiger partial charge is 0.306 e. The molecule has 0 aliphatic carbocycles. The first-order valence-corrected chi connectivity index (χ1v) is 7.89. The maximum Gasteiger partial charge on any atom is 0.0602 e. The van der Waals surface area contributed by atoms with Crippen LogP contribution in [0.1, 0.15) is 40.8 Å². The second-order valence-electron chi connectivity index (χ2n) is 4.96. The summed E-state index contributed by atoms with van der Waals surface area (Å²) in [4.78, 5) is 0. The Morgan fingerprint density at radius 3 is 2.32 bits per heavy atom. The van der Waals surface area contributed by atoms with Gasteiger partial charge in [0.25, 0.3) is 0 Å². The minimum absolute atomic E-state index is 0.183. The van der Waals surface area contributed by atoms with Gasteiger partial charge in [0.15, 0.2) is 0 Å². The van der Waals surface area contributed by atoms with Crippen molar-refractivity contribution >= 4 is 22.9 Å². The van der Waals surface area contributed by atoms with E-state index < -0.39 is 0 Å². The van der Waals surface area contributed by atoms with Crippen LogP contribution in [-0.4, -0.2) is 6.54 Å². The van der Waals surface area contributed by atoms with Crippen LogP contribution >= 0.6 is 22.9 Å². The van der Waals surface area contributed by atoms with E-state index in [4.69, 9.17) is 11.6 Å². The van der Waals surface area contributed by atoms with Crippen molar-refractivity contribution in [1.82, 2.24) is 5.32 Å². The lowest BCUT2D eigenvalue weighted by Gasteiger charge is -2.21. The first-order chi connectivity index (χ1) is 9.04. The van der Waals surface area contributed by atoms with Crippen LogP contribution in [0, 0.1) is 20.8 Å². The Morgan fingerprint density at radius 2 is 1.74 bits per heavy atom. The molecule has 1 aromatic heterocycles. The third kappa shape index (κ3) is 3.02. The molecule has 1 aromatic carbocycles. The van der Waals surface area contributed by atoms with Crippen LogP contribution in [0.2, 0.25) is 5.02 Å². The number of thiophene rings is 1. The highest BCUT2D eigenvalue weighted by Crippen LogP contribution is 2.33. The fourth-order valence-corrected chi connectivity index (χ4v) is 3.49. The van der Waals surface area contributed by atoms with E-state index in [1.165, 1.54) is 27.8 Å². The second kappa shape index (κ2) is 6.08. The molecule has 2 rings (SSSR count). The number of hydrogen-bond donors (Lipinski definition) is 1. The van der Waals surface area contributed by atoms with Gasteiger partial charge in [-0.15, -0.1) is 0 Å². The lowest BCUT2D eigenvalue weighted by atomic mass is 9.95. The Balaban J connectivity index is 2.51. The zero-order chi connectivity index (χ0) is 14.0. The summed E-state index contributed by atoms with van der Waals surface area (Å²) in [5, 5.41) is 8.80. The molecular weight excluding hydrogens is 274 g/mol. The molecule has 0 aliphatic rings. The zero-order valence-electron chi connectivity index (χ0n) is 11.9. The summed E-state index contributed by atoms with van der Waals surface area (Å²) in [5.74, 6) is 0. The minimum Gasteiger partial charge on any atom is -0.306 e. The molecule has 2 aromatic rings. The Labute approximate surface area is 124 Å². The molecule has 0 amide bonds. The van der Waals surface area contributed by atoms with E-state index in [2.05, 4.69) is 55.9 Å². The van der Waals surface area contributed by atoms with Crippen LogP contribution in [0.5, 0.6) is 0 Å². The quantitative estimate of drug-likeness (QED) is 0.834. The molecule has 1 unspecified atom stereocenters. The number of hydrogen-bond acceptors (Lipinski definition) is 2. The van der Waals surface area contributed by atoms with Gasteiger partial charge in [-0.05, 0) is 72.0 Å². The van der Waals surface area contributed by atoms with Crippen LogP contribution in [0.4, 0.5) is 0 Å². The highest BCUT2D eigenvalue weighted by Gasteiger charge is 2.19. The number of halogens is 1. The van der Waals surface area contributed by atoms with Crippen molar-refractivity contribution in [3.8, 4) is 0 Å². The van der Waals surface area contributed by atoms with Gasteiger partial charge in [0, 0.05) is 5.02 Å². The molecule has 102 valence electrons. The number of benzene rings is 1. The van der Waals surface area contributed by atoms with Crippen molar-refractivity contribution in [3.05, 3.63) is 55.7 Å². The van der Waals surface area contributed by atoms with E-state index in [-0.39, 0.29) is 6.04 Å². The molecule has 0 fully saturated rings. The average molecular weight is 294 g/mol. The van der Waals surface area contributed by atoms with Gasteiger partial charge in [-0.2, -0.15) is 11.3 Å². The Hall–Kier alpha value is -0.830. The van der Waals surface area contributed by atoms with Gasteiger partial charge in [0.05, 0.1) is 6.04 Å². The van der Waals surface area contributed by atoms with Crippen LogP contribution in [-0.2, 0) is 0 Å². The topological polar surface area (TPSA) is 12.0 Å². The minimum atomic E-state index is 0.183. The van der Waals surface area contributed by atoms with Gasteiger partial charge in [-0.25, -0.2) is 0 Å². The third-order valence-corrected chi connectivity index (χ3v) is 4.75. The summed E-state index contributed by atoms with van der Waals surface area (Å²) in [5.41, 5.74) is 6.36. The van der Waals surface area contributed by atoms with Crippen molar-refractivity contribution in [2.24, 2.45) is 0 Å². The molecule has 1 N–H and O–H groups in total. The van der Waals surface area contributed by atoms with Crippen molar-refractivity contribution < 1.29 is 0 Å². The summed E-state index contributed by atoms with van der Waals surface area (Å²) in [7, 11) is 0. The predicted octanol–water partition coefficient (Wildman–Crippen LogP) is 5.03. The summed E-state index contributed by atoms with van der Waals surface area (Å²) in [6, 6.07) is 4.46. The van der Waals surface area contributed by atoms with Crippen molar-refractivity contribution in [3.63, 3.8) is 0 Å². The SMILES string of the molecule is CCNC(c1cscc1C)c1cc(C)c(C)cc1Cl. The molecular formula is C16H20ClNS. The molecule has 0 spiro atoms. The molecule has 1 atom stereocenters. The maximum absolute atomic E-state index is 6.46. The van der Waals surface area contributed by atoms with Gasteiger partial charge >= 0.3 is 0 Å². The Bertz CT molecular complexity index is 574. The van der Waals surface area contributed by atoms with E-state index in [9.17, 15) is 0 Å². The number of aryl methyl sites for hydroxylation is 3. The third-order valence-electron chi connectivity index (χ3n) is 3.54. The summed E-state index contributed by atoms with van der Waals surface area (Å²) < 4.78 is 0. The summed E-state index contributed by atoms with van der Waals surface area (Å²) in [6.45, 7) is 9.44. The highest BCUT2D eigenvalue weighted by molar-refractivity contribution is 7.08. The van der Waals surface area contributed by atoms with Crippen LogP contribution < -0.4 is 5.32 Å². The number of nitrogens with one attached hydrogen (secondary N) is 1. The normalized spacial score (nSPS) is 12.7. The summed E-state index contributed by atoms with van der Waals surface area (Å²) in [6.07, 6.45) is 0. The van der Waals surface area contributed by atoms with Gasteiger partial charge in [-0.3, -0.25) is 0 Å². The Morgan fingerprint density at radius 1 is 1.05 bits per heavy atom. The molecule has 3 heteroatoms. The smallest absolute Gasteiger partial charge is 0.0602 e. The molecule has 0 bridgehead atoms. The van der Waals surface area contributed by atoms with Gasteiger partial charge in [-0.1, -0.05) is 24.6 Å². The van der Waals surface area contributed by atoms with Crippen LogP contribution in [0.15, 0.2) is 22.9 Å². The number of rotatable bonds is 4. The summed E-state index contributed by atoms with van der Waals surface area (Å²) >= 11 is 8.21. The standard InChI is InChI=1S/C16H20ClNS/c1-5-18-16(14-9-19-8-12(14)4)13-6-10(2)11(3)7-15(13)17/h6-9,16,18H,5H2,1-4H3. The fourth-order valence-electron chi connectivity index (χ4n) is 2.28. The highest BCUT2D eigenvalue weighted by atomic mass is 35.5. The van der Waals surface area contributed by atoms with Crippen molar-refractivity contribution in [2.45, 2.75) is 33.7 Å². The van der Waals surface area contributed by atoms with E-state index in [1.54, 1.807) is 11.3 Å². The first-order valence-electron chi connectivity index (χ1n) is 6.57. The van der Waals surface area contributed by atoms with Crippen molar-refractivity contribution in [2.75, 3.05) is 6.54 Å². The first kappa shape index (κ1) is 14.6. The molecule has 1 heterocycles. The fraction of sp³-hybridized carbons (Fsp3) is 0.375. The van der Waals surface area contributed by atoms with Crippen molar-refractivity contribution in [1.29, 1.82) is 0 Å². The monoisotopic (exact) mass is 293 g/mol. The molecule has 0 aliphatic heterocycles. The van der Waals surface area contributed by atoms with Gasteiger partial charge in [0.1, 0.15) is 0 Å². The van der Waals surface area contributed by atoms with E-state index in [0.717, 1.165) is 11.6 Å². The average Bonchev–Trinajstić information content (AvgIpc) is 2.77. The predicted molar refractivity (Wildman–Crippen MR) is 85.5 cm³/mol. The lowest BCUT2D eigenvalue weighted by Crippen LogP contribution is -2.22.